The molecule has 1 aromatic rings. The van der Waals surface area contributed by atoms with Crippen LogP contribution in [0, 0.1) is 5.92 Å². The van der Waals surface area contributed by atoms with Gasteiger partial charge in [0.15, 0.2) is 5.78 Å². The van der Waals surface area contributed by atoms with Gasteiger partial charge in [-0.05, 0) is 31.2 Å². The molecule has 0 amide bonds. The predicted molar refractivity (Wildman–Crippen MR) is 60.1 cm³/mol. The SMILES string of the molecule is COc1ccc(C(=O)C(C)C(C)N)cc1. The first-order valence-electron chi connectivity index (χ1n) is 5.00. The second-order valence-corrected chi connectivity index (χ2v) is 3.74. The van der Waals surface area contributed by atoms with Crippen molar-refractivity contribution in [1.82, 2.24) is 0 Å². The first-order chi connectivity index (χ1) is 7.06. The number of ether oxygens (including phenoxy) is 1. The summed E-state index contributed by atoms with van der Waals surface area (Å²) >= 11 is 0. The van der Waals surface area contributed by atoms with Crippen LogP contribution in [-0.2, 0) is 0 Å². The summed E-state index contributed by atoms with van der Waals surface area (Å²) in [5, 5.41) is 0. The van der Waals surface area contributed by atoms with Crippen LogP contribution in [-0.4, -0.2) is 18.9 Å². The summed E-state index contributed by atoms with van der Waals surface area (Å²) in [5.41, 5.74) is 6.37. The largest absolute Gasteiger partial charge is 0.497 e. The number of nitrogens with two attached hydrogens (primary N) is 1. The monoisotopic (exact) mass is 207 g/mol. The molecule has 15 heavy (non-hydrogen) atoms. The third-order valence-electron chi connectivity index (χ3n) is 2.58. The Labute approximate surface area is 90.2 Å². The number of carbonyl (C=O) groups is 1. The molecule has 0 spiro atoms. The van der Waals surface area contributed by atoms with Crippen molar-refractivity contribution in [2.24, 2.45) is 11.7 Å². The molecule has 0 saturated carbocycles. The molecule has 0 bridgehead atoms. The van der Waals surface area contributed by atoms with Crippen molar-refractivity contribution in [2.75, 3.05) is 7.11 Å². The van der Waals surface area contributed by atoms with Crippen LogP contribution in [0.5, 0.6) is 5.75 Å². The molecular formula is C12H17NO2. The summed E-state index contributed by atoms with van der Waals surface area (Å²) in [4.78, 5) is 11.9. The van der Waals surface area contributed by atoms with Gasteiger partial charge in [0.05, 0.1) is 7.11 Å². The van der Waals surface area contributed by atoms with E-state index < -0.39 is 0 Å². The Balaban J connectivity index is 2.83. The van der Waals surface area contributed by atoms with Gasteiger partial charge in [0.1, 0.15) is 5.75 Å². The summed E-state index contributed by atoms with van der Waals surface area (Å²) in [6.45, 7) is 3.68. The van der Waals surface area contributed by atoms with Crippen LogP contribution >= 0.6 is 0 Å². The zero-order valence-electron chi connectivity index (χ0n) is 9.36. The fourth-order valence-electron chi connectivity index (χ4n) is 1.26. The number of rotatable bonds is 4. The molecule has 2 atom stereocenters. The highest BCUT2D eigenvalue weighted by atomic mass is 16.5. The Morgan fingerprint density at radius 2 is 1.80 bits per heavy atom. The fraction of sp³-hybridized carbons (Fsp3) is 0.417. The standard InChI is InChI=1S/C12H17NO2/c1-8(9(2)13)12(14)10-4-6-11(15-3)7-5-10/h4-9H,13H2,1-3H3. The summed E-state index contributed by atoms with van der Waals surface area (Å²) in [6.07, 6.45) is 0. The minimum Gasteiger partial charge on any atom is -0.497 e. The van der Waals surface area contributed by atoms with Crippen LogP contribution in [0.15, 0.2) is 24.3 Å². The molecule has 2 unspecified atom stereocenters. The summed E-state index contributed by atoms with van der Waals surface area (Å²) in [5.74, 6) is 0.672. The van der Waals surface area contributed by atoms with Gasteiger partial charge in [-0.3, -0.25) is 4.79 Å². The smallest absolute Gasteiger partial charge is 0.167 e. The lowest BCUT2D eigenvalue weighted by atomic mass is 9.94. The minimum atomic E-state index is -0.154. The van der Waals surface area contributed by atoms with Crippen LogP contribution in [0.25, 0.3) is 0 Å². The fourth-order valence-corrected chi connectivity index (χ4v) is 1.26. The van der Waals surface area contributed by atoms with Gasteiger partial charge in [0.25, 0.3) is 0 Å². The number of hydrogen-bond acceptors (Lipinski definition) is 3. The molecule has 0 aliphatic carbocycles. The normalized spacial score (nSPS) is 14.4. The predicted octanol–water partition coefficient (Wildman–Crippen LogP) is 1.86. The van der Waals surface area contributed by atoms with Gasteiger partial charge >= 0.3 is 0 Å². The highest BCUT2D eigenvalue weighted by Crippen LogP contribution is 2.15. The maximum atomic E-state index is 11.9. The van der Waals surface area contributed by atoms with E-state index in [-0.39, 0.29) is 17.7 Å². The molecule has 3 heteroatoms. The number of methoxy groups -OCH3 is 1. The van der Waals surface area contributed by atoms with E-state index in [4.69, 9.17) is 10.5 Å². The van der Waals surface area contributed by atoms with Crippen molar-refractivity contribution in [3.8, 4) is 5.75 Å². The van der Waals surface area contributed by atoms with Crippen LogP contribution in [0.1, 0.15) is 24.2 Å². The lowest BCUT2D eigenvalue weighted by Crippen LogP contribution is -2.30. The van der Waals surface area contributed by atoms with Gasteiger partial charge < -0.3 is 10.5 Å². The van der Waals surface area contributed by atoms with E-state index in [1.807, 2.05) is 13.8 Å². The average Bonchev–Trinajstić information content (AvgIpc) is 2.27. The third kappa shape index (κ3) is 2.80. The molecule has 1 aromatic carbocycles. The van der Waals surface area contributed by atoms with E-state index >= 15 is 0 Å². The van der Waals surface area contributed by atoms with E-state index in [0.717, 1.165) is 5.75 Å². The Hall–Kier alpha value is -1.35. The molecule has 0 aliphatic rings. The molecule has 0 heterocycles. The van der Waals surface area contributed by atoms with Crippen molar-refractivity contribution in [3.63, 3.8) is 0 Å². The zero-order chi connectivity index (χ0) is 11.4. The number of benzene rings is 1. The maximum absolute atomic E-state index is 11.9. The topological polar surface area (TPSA) is 52.3 Å². The Morgan fingerprint density at radius 1 is 1.27 bits per heavy atom. The highest BCUT2D eigenvalue weighted by Gasteiger charge is 2.18. The molecule has 0 radical (unpaired) electrons. The van der Waals surface area contributed by atoms with Crippen molar-refractivity contribution in [3.05, 3.63) is 29.8 Å². The Kier molecular flexibility index (Phi) is 3.86. The van der Waals surface area contributed by atoms with Crippen LogP contribution in [0.2, 0.25) is 0 Å². The van der Waals surface area contributed by atoms with Crippen molar-refractivity contribution in [2.45, 2.75) is 19.9 Å². The van der Waals surface area contributed by atoms with Gasteiger partial charge in [-0.2, -0.15) is 0 Å². The summed E-state index contributed by atoms with van der Waals surface area (Å²) in [6, 6.07) is 6.96. The van der Waals surface area contributed by atoms with Gasteiger partial charge in [-0.15, -0.1) is 0 Å². The molecule has 2 N–H and O–H groups in total. The number of Topliss-reactive ketones (excluding diaryl/α,β-unsaturated/α-hetero) is 1. The molecule has 3 nitrogen and oxygen atoms in total. The quantitative estimate of drug-likeness (QED) is 0.767. The molecular weight excluding hydrogens is 190 g/mol. The molecule has 82 valence electrons. The Morgan fingerprint density at radius 3 is 2.20 bits per heavy atom. The van der Waals surface area contributed by atoms with Gasteiger partial charge in [0.2, 0.25) is 0 Å². The van der Waals surface area contributed by atoms with Gasteiger partial charge in [-0.1, -0.05) is 6.92 Å². The minimum absolute atomic E-state index is 0.0765. The lowest BCUT2D eigenvalue weighted by molar-refractivity contribution is 0.0917. The highest BCUT2D eigenvalue weighted by molar-refractivity contribution is 5.98. The third-order valence-corrected chi connectivity index (χ3v) is 2.58. The maximum Gasteiger partial charge on any atom is 0.167 e. The van der Waals surface area contributed by atoms with Crippen LogP contribution in [0.3, 0.4) is 0 Å². The molecule has 1 rings (SSSR count). The first kappa shape index (κ1) is 11.7. The molecule has 0 fully saturated rings. The van der Waals surface area contributed by atoms with Gasteiger partial charge in [0, 0.05) is 17.5 Å². The van der Waals surface area contributed by atoms with Crippen molar-refractivity contribution < 1.29 is 9.53 Å². The molecule has 0 aromatic heterocycles. The van der Waals surface area contributed by atoms with E-state index in [1.165, 1.54) is 0 Å². The van der Waals surface area contributed by atoms with Crippen molar-refractivity contribution in [1.29, 1.82) is 0 Å². The van der Waals surface area contributed by atoms with Gasteiger partial charge in [-0.25, -0.2) is 0 Å². The second-order valence-electron chi connectivity index (χ2n) is 3.74. The second kappa shape index (κ2) is 4.94. The lowest BCUT2D eigenvalue weighted by Gasteiger charge is -2.14. The van der Waals surface area contributed by atoms with E-state index in [2.05, 4.69) is 0 Å². The summed E-state index contributed by atoms with van der Waals surface area (Å²) < 4.78 is 5.02. The van der Waals surface area contributed by atoms with E-state index in [9.17, 15) is 4.79 Å². The number of carbonyl (C=O) groups excluding carboxylic acids is 1. The van der Waals surface area contributed by atoms with Crippen LogP contribution in [0.4, 0.5) is 0 Å². The van der Waals surface area contributed by atoms with E-state index in [0.29, 0.717) is 5.56 Å². The molecule has 0 saturated heterocycles. The average molecular weight is 207 g/mol. The van der Waals surface area contributed by atoms with Crippen molar-refractivity contribution >= 4 is 5.78 Å². The summed E-state index contributed by atoms with van der Waals surface area (Å²) in [7, 11) is 1.60. The number of hydrogen-bond donors (Lipinski definition) is 1. The van der Waals surface area contributed by atoms with Crippen LogP contribution < -0.4 is 10.5 Å². The molecule has 0 aliphatic heterocycles. The Bertz CT molecular complexity index is 330. The number of ketones is 1. The first-order valence-corrected chi connectivity index (χ1v) is 5.00. The van der Waals surface area contributed by atoms with E-state index in [1.54, 1.807) is 31.4 Å². The zero-order valence-corrected chi connectivity index (χ0v) is 9.36.